The highest BCUT2D eigenvalue weighted by Gasteiger charge is 2.26. The van der Waals surface area contributed by atoms with E-state index in [9.17, 15) is 8.42 Å². The Balaban J connectivity index is 2.13. The van der Waals surface area contributed by atoms with Gasteiger partial charge in [-0.1, -0.05) is 50.3 Å². The van der Waals surface area contributed by atoms with Gasteiger partial charge < -0.3 is 0 Å². The highest BCUT2D eigenvalue weighted by Crippen LogP contribution is 2.28. The fraction of sp³-hybridized carbons (Fsp3) is 0.400. The van der Waals surface area contributed by atoms with Gasteiger partial charge in [-0.15, -0.1) is 11.3 Å². The third-order valence-electron chi connectivity index (χ3n) is 4.36. The molecule has 3 nitrogen and oxygen atoms in total. The largest absolute Gasteiger partial charge is 0.242 e. The van der Waals surface area contributed by atoms with Crippen LogP contribution in [0.25, 0.3) is 5.57 Å². The molecule has 2 rings (SSSR count). The van der Waals surface area contributed by atoms with Gasteiger partial charge >= 0.3 is 0 Å². The average molecular weight is 378 g/mol. The lowest BCUT2D eigenvalue weighted by Gasteiger charge is -2.21. The summed E-state index contributed by atoms with van der Waals surface area (Å²) in [4.78, 5) is 1.58. The molecular formula is C20H27NO2S2. The van der Waals surface area contributed by atoms with Crippen LogP contribution in [-0.2, 0) is 10.0 Å². The Labute approximate surface area is 156 Å². The van der Waals surface area contributed by atoms with Gasteiger partial charge in [0.15, 0.2) is 0 Å². The van der Waals surface area contributed by atoms with E-state index >= 15 is 0 Å². The van der Waals surface area contributed by atoms with Crippen LogP contribution in [0.1, 0.15) is 38.5 Å². The summed E-state index contributed by atoms with van der Waals surface area (Å²) in [6.45, 7) is 10.9. The normalized spacial score (nSPS) is 17.8. The standard InChI is InChI=1S/C20H27NO2S2/c1-5-19(11-10-17(4)16(2)3)25(22,23)21-13-6-8-18(12-14-21)20-9-7-15-24-20/h5,7-11,15-16H,4,6,12-14H2,1-3H3/b11-10-,19-5+. The van der Waals surface area contributed by atoms with E-state index in [-0.39, 0.29) is 0 Å². The molecule has 1 aromatic heterocycles. The van der Waals surface area contributed by atoms with E-state index < -0.39 is 10.0 Å². The molecule has 0 atom stereocenters. The van der Waals surface area contributed by atoms with Crippen LogP contribution in [0.5, 0.6) is 0 Å². The van der Waals surface area contributed by atoms with Gasteiger partial charge in [-0.2, -0.15) is 4.31 Å². The molecule has 0 radical (unpaired) electrons. The molecule has 0 saturated heterocycles. The fourth-order valence-electron chi connectivity index (χ4n) is 2.63. The van der Waals surface area contributed by atoms with Gasteiger partial charge in [0, 0.05) is 18.0 Å². The van der Waals surface area contributed by atoms with Crippen molar-refractivity contribution in [2.75, 3.05) is 13.1 Å². The zero-order chi connectivity index (χ0) is 18.4. The van der Waals surface area contributed by atoms with E-state index in [1.807, 2.05) is 26.0 Å². The third-order valence-corrected chi connectivity index (χ3v) is 7.32. The minimum Gasteiger partial charge on any atom is -0.207 e. The van der Waals surface area contributed by atoms with E-state index in [1.165, 1.54) is 10.5 Å². The second kappa shape index (κ2) is 8.79. The molecule has 0 aromatic carbocycles. The van der Waals surface area contributed by atoms with Gasteiger partial charge in [0.25, 0.3) is 0 Å². The number of thiophene rings is 1. The van der Waals surface area contributed by atoms with Crippen molar-refractivity contribution >= 4 is 26.9 Å². The average Bonchev–Trinajstić information content (AvgIpc) is 2.98. The zero-order valence-corrected chi connectivity index (χ0v) is 16.9. The molecule has 0 N–H and O–H groups in total. The molecule has 0 saturated carbocycles. The summed E-state index contributed by atoms with van der Waals surface area (Å²) in [5.74, 6) is 0.299. The molecule has 0 amide bonds. The quantitative estimate of drug-likeness (QED) is 0.637. The van der Waals surface area contributed by atoms with Crippen LogP contribution in [0.2, 0.25) is 0 Å². The first kappa shape index (κ1) is 19.9. The topological polar surface area (TPSA) is 37.4 Å². The summed E-state index contributed by atoms with van der Waals surface area (Å²) >= 11 is 1.70. The van der Waals surface area contributed by atoms with Gasteiger partial charge in [-0.05, 0) is 48.8 Å². The lowest BCUT2D eigenvalue weighted by Crippen LogP contribution is -2.32. The first-order valence-corrected chi connectivity index (χ1v) is 10.9. The van der Waals surface area contributed by atoms with Crippen molar-refractivity contribution in [2.24, 2.45) is 5.92 Å². The molecule has 2 heterocycles. The Kier molecular flexibility index (Phi) is 6.99. The summed E-state index contributed by atoms with van der Waals surface area (Å²) in [5, 5.41) is 2.06. The summed E-state index contributed by atoms with van der Waals surface area (Å²) in [6.07, 6.45) is 8.82. The number of hydrogen-bond donors (Lipinski definition) is 0. The maximum Gasteiger partial charge on any atom is 0.242 e. The van der Waals surface area contributed by atoms with Gasteiger partial charge in [0.1, 0.15) is 0 Å². The van der Waals surface area contributed by atoms with Gasteiger partial charge in [0.05, 0.1) is 4.91 Å². The van der Waals surface area contributed by atoms with Crippen molar-refractivity contribution in [3.63, 3.8) is 0 Å². The van der Waals surface area contributed by atoms with Gasteiger partial charge in [-0.25, -0.2) is 8.42 Å². The monoisotopic (exact) mass is 377 g/mol. The number of nitrogens with zero attached hydrogens (tertiary/aromatic N) is 1. The SMILES string of the molecule is C=C(/C=C\C(=C/C)S(=O)(=O)N1CCC=C(c2cccs2)CC1)C(C)C. The smallest absolute Gasteiger partial charge is 0.207 e. The Morgan fingerprint density at radius 1 is 1.32 bits per heavy atom. The molecule has 136 valence electrons. The van der Waals surface area contributed by atoms with Crippen LogP contribution >= 0.6 is 11.3 Å². The summed E-state index contributed by atoms with van der Waals surface area (Å²) in [7, 11) is -3.47. The first-order valence-electron chi connectivity index (χ1n) is 8.62. The Morgan fingerprint density at radius 3 is 2.68 bits per heavy atom. The predicted molar refractivity (Wildman–Crippen MR) is 109 cm³/mol. The van der Waals surface area contributed by atoms with Crippen molar-refractivity contribution in [3.05, 3.63) is 63.8 Å². The maximum absolute atomic E-state index is 13.0. The zero-order valence-electron chi connectivity index (χ0n) is 15.2. The second-order valence-electron chi connectivity index (χ2n) is 6.40. The minimum absolute atomic E-state index is 0.299. The van der Waals surface area contributed by atoms with E-state index in [2.05, 4.69) is 24.1 Å². The highest BCUT2D eigenvalue weighted by atomic mass is 32.2. The van der Waals surface area contributed by atoms with Crippen molar-refractivity contribution in [3.8, 4) is 0 Å². The van der Waals surface area contributed by atoms with Crippen LogP contribution < -0.4 is 0 Å². The summed E-state index contributed by atoms with van der Waals surface area (Å²) in [5.41, 5.74) is 2.17. The van der Waals surface area contributed by atoms with Crippen molar-refractivity contribution in [1.29, 1.82) is 0 Å². The molecule has 0 unspecified atom stereocenters. The number of hydrogen-bond acceptors (Lipinski definition) is 3. The molecule has 0 bridgehead atoms. The minimum atomic E-state index is -3.47. The Hall–Kier alpha value is -1.43. The van der Waals surface area contributed by atoms with Crippen molar-refractivity contribution < 1.29 is 8.42 Å². The molecular weight excluding hydrogens is 350 g/mol. The van der Waals surface area contributed by atoms with E-state index in [0.29, 0.717) is 23.9 Å². The number of rotatable bonds is 6. The number of allylic oxidation sites excluding steroid dienone is 4. The van der Waals surface area contributed by atoms with Crippen molar-refractivity contribution in [2.45, 2.75) is 33.6 Å². The fourth-order valence-corrected chi connectivity index (χ4v) is 4.94. The number of sulfonamides is 1. The predicted octanol–water partition coefficient (Wildman–Crippen LogP) is 5.23. The molecule has 5 heteroatoms. The van der Waals surface area contributed by atoms with Crippen LogP contribution in [-0.4, -0.2) is 25.8 Å². The summed E-state index contributed by atoms with van der Waals surface area (Å²) in [6, 6.07) is 4.13. The molecule has 0 spiro atoms. The molecule has 0 fully saturated rings. The van der Waals surface area contributed by atoms with E-state index in [0.717, 1.165) is 18.4 Å². The first-order chi connectivity index (χ1) is 11.9. The molecule has 25 heavy (non-hydrogen) atoms. The Bertz CT molecular complexity index is 782. The van der Waals surface area contributed by atoms with Crippen LogP contribution in [0.15, 0.2) is 58.9 Å². The van der Waals surface area contributed by atoms with Gasteiger partial charge in [0.2, 0.25) is 10.0 Å². The molecule has 1 aliphatic rings. The van der Waals surface area contributed by atoms with Crippen LogP contribution in [0.4, 0.5) is 0 Å². The summed E-state index contributed by atoms with van der Waals surface area (Å²) < 4.78 is 27.6. The Morgan fingerprint density at radius 2 is 2.08 bits per heavy atom. The van der Waals surface area contributed by atoms with E-state index in [4.69, 9.17) is 0 Å². The third kappa shape index (κ3) is 5.03. The lowest BCUT2D eigenvalue weighted by atomic mass is 10.1. The van der Waals surface area contributed by atoms with Crippen molar-refractivity contribution in [1.82, 2.24) is 4.31 Å². The highest BCUT2D eigenvalue weighted by molar-refractivity contribution is 7.93. The van der Waals surface area contributed by atoms with Gasteiger partial charge in [-0.3, -0.25) is 0 Å². The van der Waals surface area contributed by atoms with E-state index in [1.54, 1.807) is 34.7 Å². The van der Waals surface area contributed by atoms with Crippen LogP contribution in [0.3, 0.4) is 0 Å². The maximum atomic E-state index is 13.0. The lowest BCUT2D eigenvalue weighted by molar-refractivity contribution is 0.435. The molecule has 0 aliphatic carbocycles. The molecule has 1 aliphatic heterocycles. The molecule has 1 aromatic rings. The second-order valence-corrected chi connectivity index (χ2v) is 9.29. The van der Waals surface area contributed by atoms with Crippen LogP contribution in [0, 0.1) is 5.92 Å².